The van der Waals surface area contributed by atoms with Crippen LogP contribution < -0.4 is 5.32 Å². The van der Waals surface area contributed by atoms with Gasteiger partial charge in [0.15, 0.2) is 6.29 Å². The highest BCUT2D eigenvalue weighted by atomic mass is 32.1. The number of aliphatic imine (C=N–C) groups is 1. The van der Waals surface area contributed by atoms with E-state index < -0.39 is 0 Å². The predicted octanol–water partition coefficient (Wildman–Crippen LogP) is 8.30. The zero-order chi connectivity index (χ0) is 25.9. The first kappa shape index (κ1) is 22.5. The highest BCUT2D eigenvalue weighted by Gasteiger charge is 2.33. The molecule has 1 aliphatic heterocycles. The Balaban J connectivity index is 1.42. The first-order valence-corrected chi connectivity index (χ1v) is 14.1. The molecule has 2 atom stereocenters. The molecule has 188 valence electrons. The number of aromatic nitrogens is 1. The van der Waals surface area contributed by atoms with E-state index in [0.29, 0.717) is 0 Å². The molecule has 8 rings (SSSR count). The molecule has 0 saturated carbocycles. The number of fused-ring (bicyclic) bond motifs is 7. The summed E-state index contributed by atoms with van der Waals surface area (Å²) in [5.41, 5.74) is 4.70. The van der Waals surface area contributed by atoms with Gasteiger partial charge in [-0.15, -0.1) is 11.3 Å². The molecule has 0 radical (unpaired) electrons. The maximum atomic E-state index is 5.37. The fraction of sp³-hybridized carbons (Fsp3) is 0.0882. The molecular formula is C34H26N4S. The zero-order valence-corrected chi connectivity index (χ0v) is 22.3. The van der Waals surface area contributed by atoms with Crippen LogP contribution in [-0.4, -0.2) is 22.4 Å². The molecule has 0 amide bonds. The number of para-hydroxylation sites is 1. The standard InChI is InChI=1S/C34H26N4S/c1-37-33(23-14-6-3-7-15-23)35-32(22-12-4-2-5-13-22)36-34(37)38-27-18-10-8-17-26(27)30-28(38)21-20-25-24-16-9-11-19-29(24)39-31(25)30/h2-21,33-34H,1H3,(H,35,36). The summed E-state index contributed by atoms with van der Waals surface area (Å²) in [6, 6.07) is 43.2. The molecule has 0 fully saturated rings. The fourth-order valence-electron chi connectivity index (χ4n) is 6.07. The summed E-state index contributed by atoms with van der Waals surface area (Å²) >= 11 is 1.89. The quantitative estimate of drug-likeness (QED) is 0.253. The lowest BCUT2D eigenvalue weighted by Crippen LogP contribution is -2.47. The minimum absolute atomic E-state index is 0.0341. The lowest BCUT2D eigenvalue weighted by molar-refractivity contribution is 0.109. The summed E-state index contributed by atoms with van der Waals surface area (Å²) in [6.45, 7) is 0. The normalized spacial score (nSPS) is 18.1. The number of rotatable bonds is 3. The largest absolute Gasteiger partial charge is 0.350 e. The van der Waals surface area contributed by atoms with Crippen LogP contribution in [0, 0.1) is 0 Å². The Kier molecular flexibility index (Phi) is 5.08. The Morgan fingerprint density at radius 3 is 2.18 bits per heavy atom. The lowest BCUT2D eigenvalue weighted by atomic mass is 10.1. The van der Waals surface area contributed by atoms with Crippen LogP contribution in [0.25, 0.3) is 42.0 Å². The van der Waals surface area contributed by atoms with Crippen molar-refractivity contribution in [3.8, 4) is 0 Å². The van der Waals surface area contributed by atoms with Crippen molar-refractivity contribution in [2.75, 3.05) is 7.05 Å². The van der Waals surface area contributed by atoms with Gasteiger partial charge in [0, 0.05) is 36.5 Å². The average molecular weight is 523 g/mol. The molecule has 5 heteroatoms. The minimum atomic E-state index is -0.235. The molecular weight excluding hydrogens is 496 g/mol. The van der Waals surface area contributed by atoms with E-state index in [4.69, 9.17) is 4.99 Å². The molecule has 0 aliphatic carbocycles. The number of amidine groups is 1. The van der Waals surface area contributed by atoms with Crippen molar-refractivity contribution in [3.63, 3.8) is 0 Å². The second kappa shape index (κ2) is 8.80. The maximum absolute atomic E-state index is 5.37. The third kappa shape index (κ3) is 3.44. The summed E-state index contributed by atoms with van der Waals surface area (Å²) < 4.78 is 5.09. The van der Waals surface area contributed by atoms with Gasteiger partial charge < -0.3 is 9.88 Å². The summed E-state index contributed by atoms with van der Waals surface area (Å²) in [6.07, 6.45) is -0.269. The first-order chi connectivity index (χ1) is 19.3. The van der Waals surface area contributed by atoms with E-state index in [0.717, 1.165) is 11.4 Å². The number of nitrogens with zero attached hydrogens (tertiary/aromatic N) is 3. The molecule has 1 N–H and O–H groups in total. The van der Waals surface area contributed by atoms with E-state index in [-0.39, 0.29) is 12.5 Å². The maximum Gasteiger partial charge on any atom is 0.186 e. The van der Waals surface area contributed by atoms with Crippen LogP contribution in [0.3, 0.4) is 0 Å². The third-order valence-electron chi connectivity index (χ3n) is 7.90. The number of benzene rings is 5. The summed E-state index contributed by atoms with van der Waals surface area (Å²) in [5, 5.41) is 8.96. The van der Waals surface area contributed by atoms with Crippen LogP contribution in [0.15, 0.2) is 126 Å². The molecule has 0 bridgehead atoms. The molecule has 3 heterocycles. The molecule has 1 aliphatic rings. The van der Waals surface area contributed by atoms with Crippen LogP contribution in [0.4, 0.5) is 0 Å². The van der Waals surface area contributed by atoms with Crippen molar-refractivity contribution < 1.29 is 0 Å². The molecule has 2 unspecified atom stereocenters. The van der Waals surface area contributed by atoms with Crippen LogP contribution in [0.5, 0.6) is 0 Å². The number of thiophene rings is 1. The second-order valence-corrected chi connectivity index (χ2v) is 11.2. The van der Waals surface area contributed by atoms with Crippen LogP contribution in [0.2, 0.25) is 0 Å². The third-order valence-corrected chi connectivity index (χ3v) is 9.10. The molecule has 7 aromatic rings. The second-order valence-electron chi connectivity index (χ2n) is 10.1. The van der Waals surface area contributed by atoms with Crippen molar-refractivity contribution in [2.45, 2.75) is 12.5 Å². The number of nitrogens with one attached hydrogen (secondary N) is 1. The van der Waals surface area contributed by atoms with Crippen molar-refractivity contribution in [2.24, 2.45) is 4.99 Å². The average Bonchev–Trinajstić information content (AvgIpc) is 3.54. The summed E-state index contributed by atoms with van der Waals surface area (Å²) in [5.74, 6) is 0.904. The van der Waals surface area contributed by atoms with Gasteiger partial charge in [-0.3, -0.25) is 0 Å². The van der Waals surface area contributed by atoms with Crippen molar-refractivity contribution in [1.29, 1.82) is 0 Å². The van der Waals surface area contributed by atoms with Gasteiger partial charge in [-0.25, -0.2) is 9.89 Å². The van der Waals surface area contributed by atoms with Gasteiger partial charge in [-0.05, 0) is 30.8 Å². The zero-order valence-electron chi connectivity index (χ0n) is 21.5. The Morgan fingerprint density at radius 2 is 1.36 bits per heavy atom. The van der Waals surface area contributed by atoms with Gasteiger partial charge in [0.05, 0.1) is 11.0 Å². The van der Waals surface area contributed by atoms with E-state index in [1.165, 1.54) is 47.5 Å². The van der Waals surface area contributed by atoms with Gasteiger partial charge in [0.25, 0.3) is 0 Å². The topological polar surface area (TPSA) is 32.6 Å². The van der Waals surface area contributed by atoms with E-state index in [1.54, 1.807) is 0 Å². The number of hydrogen-bond donors (Lipinski definition) is 1. The van der Waals surface area contributed by atoms with E-state index >= 15 is 0 Å². The van der Waals surface area contributed by atoms with Gasteiger partial charge in [-0.1, -0.05) is 103 Å². The SMILES string of the molecule is CN1C(c2ccccc2)NC(c2ccccc2)=NC1n1c2ccccc2c2c3sc4ccccc4c3ccc21. The van der Waals surface area contributed by atoms with Crippen molar-refractivity contribution >= 4 is 59.2 Å². The highest BCUT2D eigenvalue weighted by molar-refractivity contribution is 7.26. The van der Waals surface area contributed by atoms with Gasteiger partial charge in [-0.2, -0.15) is 0 Å². The fourth-order valence-corrected chi connectivity index (χ4v) is 7.33. The number of hydrogen-bond acceptors (Lipinski definition) is 4. The van der Waals surface area contributed by atoms with Crippen molar-refractivity contribution in [3.05, 3.63) is 132 Å². The Hall–Kier alpha value is -4.45. The Labute approximate surface area is 230 Å². The summed E-state index contributed by atoms with van der Waals surface area (Å²) in [7, 11) is 2.17. The van der Waals surface area contributed by atoms with Gasteiger partial charge >= 0.3 is 0 Å². The van der Waals surface area contributed by atoms with E-state index in [9.17, 15) is 0 Å². The van der Waals surface area contributed by atoms with E-state index in [1.807, 2.05) is 17.4 Å². The molecule has 0 saturated heterocycles. The smallest absolute Gasteiger partial charge is 0.186 e. The molecule has 5 aromatic carbocycles. The molecule has 4 nitrogen and oxygen atoms in total. The molecule has 2 aromatic heterocycles. The Morgan fingerprint density at radius 1 is 0.667 bits per heavy atom. The minimum Gasteiger partial charge on any atom is -0.350 e. The van der Waals surface area contributed by atoms with Gasteiger partial charge in [0.1, 0.15) is 12.0 Å². The molecule has 0 spiro atoms. The van der Waals surface area contributed by atoms with Crippen LogP contribution in [-0.2, 0) is 0 Å². The van der Waals surface area contributed by atoms with Gasteiger partial charge in [0.2, 0.25) is 0 Å². The van der Waals surface area contributed by atoms with Crippen LogP contribution in [0.1, 0.15) is 23.6 Å². The van der Waals surface area contributed by atoms with Crippen LogP contribution >= 0.6 is 11.3 Å². The summed E-state index contributed by atoms with van der Waals surface area (Å²) in [4.78, 5) is 7.71. The monoisotopic (exact) mass is 522 g/mol. The first-order valence-electron chi connectivity index (χ1n) is 13.3. The highest BCUT2D eigenvalue weighted by Crippen LogP contribution is 2.44. The predicted molar refractivity (Wildman–Crippen MR) is 164 cm³/mol. The van der Waals surface area contributed by atoms with Crippen molar-refractivity contribution in [1.82, 2.24) is 14.8 Å². The Bertz CT molecular complexity index is 2020. The van der Waals surface area contributed by atoms with E-state index in [2.05, 4.69) is 137 Å². The molecule has 39 heavy (non-hydrogen) atoms. The lowest BCUT2D eigenvalue weighted by Gasteiger charge is -2.40.